The van der Waals surface area contributed by atoms with Crippen LogP contribution in [0, 0.1) is 17.2 Å². The molecule has 3 heterocycles. The van der Waals surface area contributed by atoms with Crippen LogP contribution in [-0.4, -0.2) is 63.1 Å². The molecule has 2 fully saturated rings. The Morgan fingerprint density at radius 2 is 2.11 bits per heavy atom. The van der Waals surface area contributed by atoms with Crippen molar-refractivity contribution in [2.75, 3.05) is 19.0 Å². The second kappa shape index (κ2) is 9.89. The minimum atomic E-state index is -1.73. The predicted molar refractivity (Wildman–Crippen MR) is 123 cm³/mol. The van der Waals surface area contributed by atoms with Gasteiger partial charge in [0.25, 0.3) is 5.91 Å². The van der Waals surface area contributed by atoms with Gasteiger partial charge in [0, 0.05) is 20.0 Å². The van der Waals surface area contributed by atoms with Crippen LogP contribution in [0.2, 0.25) is 0 Å². The molecule has 35 heavy (non-hydrogen) atoms. The number of nitrogens with zero attached hydrogens (tertiary/aromatic N) is 4. The molecule has 1 aliphatic heterocycles. The number of carbonyl (C=O) groups excluding carboxylic acids is 2. The summed E-state index contributed by atoms with van der Waals surface area (Å²) in [5.41, 5.74) is -2.11. The molecule has 0 aromatic carbocycles. The number of rotatable bonds is 8. The minimum absolute atomic E-state index is 0.0439. The molecule has 2 N–H and O–H groups in total. The number of nitrogens with one attached hydrogen (secondary N) is 1. The lowest BCUT2D eigenvalue weighted by Gasteiger charge is -2.24. The van der Waals surface area contributed by atoms with Crippen LogP contribution < -0.4 is 5.32 Å². The molecule has 2 aromatic heterocycles. The summed E-state index contributed by atoms with van der Waals surface area (Å²) < 4.78 is 18.0. The molecule has 0 radical (unpaired) electrons. The van der Waals surface area contributed by atoms with Crippen molar-refractivity contribution in [3.8, 4) is 6.07 Å². The number of amides is 1. The Kier molecular flexibility index (Phi) is 7.07. The highest BCUT2D eigenvalue weighted by atomic mass is 16.6. The smallest absolute Gasteiger partial charge is 0.306 e. The topological polar surface area (TPSA) is 148 Å². The van der Waals surface area contributed by atoms with Gasteiger partial charge in [-0.3, -0.25) is 9.59 Å². The van der Waals surface area contributed by atoms with Gasteiger partial charge in [-0.15, -0.1) is 0 Å². The highest BCUT2D eigenvalue weighted by Crippen LogP contribution is 2.40. The Balaban J connectivity index is 1.51. The first kappa shape index (κ1) is 25.0. The molecule has 2 aromatic rings. The first-order valence-electron chi connectivity index (χ1n) is 11.8. The number of hydrogen-bond acceptors (Lipinski definition) is 9. The Hall–Kier alpha value is -3.07. The largest absolute Gasteiger partial charge is 0.463 e. The third-order valence-corrected chi connectivity index (χ3v) is 6.96. The molecule has 0 spiro atoms. The van der Waals surface area contributed by atoms with E-state index in [1.54, 1.807) is 26.0 Å². The van der Waals surface area contributed by atoms with E-state index in [-0.39, 0.29) is 30.5 Å². The molecule has 0 bridgehead atoms. The number of fused-ring (bicyclic) bond motifs is 1. The second-order valence-corrected chi connectivity index (χ2v) is 9.67. The van der Waals surface area contributed by atoms with Gasteiger partial charge >= 0.3 is 5.97 Å². The third kappa shape index (κ3) is 4.87. The molecular weight excluding hydrogens is 454 g/mol. The zero-order valence-corrected chi connectivity index (χ0v) is 20.2. The molecule has 11 heteroatoms. The summed E-state index contributed by atoms with van der Waals surface area (Å²) in [4.78, 5) is 28.9. The van der Waals surface area contributed by atoms with E-state index in [0.717, 1.165) is 25.7 Å². The second-order valence-electron chi connectivity index (χ2n) is 9.67. The van der Waals surface area contributed by atoms with E-state index in [4.69, 9.17) is 14.2 Å². The maximum atomic E-state index is 12.6. The minimum Gasteiger partial charge on any atom is -0.463 e. The fraction of sp³-hybridized carbons (Fsp3) is 0.625. The number of methoxy groups -OCH3 is 1. The maximum absolute atomic E-state index is 12.6. The van der Waals surface area contributed by atoms with Gasteiger partial charge in [0.1, 0.15) is 36.2 Å². The highest BCUT2D eigenvalue weighted by molar-refractivity contribution is 5.98. The average Bonchev–Trinajstić information content (AvgIpc) is 3.57. The average molecular weight is 486 g/mol. The summed E-state index contributed by atoms with van der Waals surface area (Å²) in [6.07, 6.45) is 4.29. The fourth-order valence-electron chi connectivity index (χ4n) is 4.65. The SMILES string of the molecule is COC(C)(C)C(=O)Nc1ncnn2c([C@]3(C#N)O[C@@H](COC(=O)CC4CCCC4)C[C@H]3O)ccc12. The van der Waals surface area contributed by atoms with E-state index in [1.165, 1.54) is 18.0 Å². The third-order valence-electron chi connectivity index (χ3n) is 6.96. The number of aromatic nitrogens is 3. The molecule has 1 amide bonds. The molecule has 4 rings (SSSR count). The molecule has 1 saturated carbocycles. The van der Waals surface area contributed by atoms with Crippen LogP contribution in [0.4, 0.5) is 5.82 Å². The van der Waals surface area contributed by atoms with Crippen LogP contribution >= 0.6 is 0 Å². The standard InChI is InChI=1S/C24H31N5O6/c1-23(2,33-3)22(32)28-21-17-8-9-18(29(17)27-14-26-21)24(13-25)19(30)11-16(35-24)12-34-20(31)10-15-6-4-5-7-15/h8-9,14-16,19,30H,4-7,10-12H2,1-3H3,(H,26,27,28,32)/t16-,19-,24+/m1/s1. The van der Waals surface area contributed by atoms with Crippen molar-refractivity contribution < 1.29 is 28.9 Å². The van der Waals surface area contributed by atoms with Crippen LogP contribution in [0.5, 0.6) is 0 Å². The van der Waals surface area contributed by atoms with Crippen LogP contribution in [0.1, 0.15) is 58.1 Å². The van der Waals surface area contributed by atoms with Crippen molar-refractivity contribution in [2.24, 2.45) is 5.92 Å². The van der Waals surface area contributed by atoms with E-state index in [2.05, 4.69) is 21.5 Å². The normalized spacial score (nSPS) is 25.0. The number of aliphatic hydroxyl groups excluding tert-OH is 1. The Morgan fingerprint density at radius 3 is 2.80 bits per heavy atom. The number of aliphatic hydroxyl groups is 1. The lowest BCUT2D eigenvalue weighted by Crippen LogP contribution is -2.39. The zero-order chi connectivity index (χ0) is 25.2. The summed E-state index contributed by atoms with van der Waals surface area (Å²) >= 11 is 0. The van der Waals surface area contributed by atoms with Crippen LogP contribution in [0.25, 0.3) is 5.52 Å². The first-order valence-corrected chi connectivity index (χ1v) is 11.8. The zero-order valence-electron chi connectivity index (χ0n) is 20.2. The molecule has 188 valence electrons. The number of esters is 1. The predicted octanol–water partition coefficient (Wildman–Crippen LogP) is 2.08. The van der Waals surface area contributed by atoms with Gasteiger partial charge in [-0.1, -0.05) is 12.8 Å². The number of nitriles is 1. The first-order chi connectivity index (χ1) is 16.7. The summed E-state index contributed by atoms with van der Waals surface area (Å²) in [7, 11) is 1.43. The van der Waals surface area contributed by atoms with Gasteiger partial charge in [0.05, 0.1) is 11.8 Å². The number of carbonyl (C=O) groups is 2. The van der Waals surface area contributed by atoms with Crippen molar-refractivity contribution in [1.82, 2.24) is 14.6 Å². The quantitative estimate of drug-likeness (QED) is 0.536. The Labute approximate surface area is 203 Å². The fourth-order valence-corrected chi connectivity index (χ4v) is 4.65. The van der Waals surface area contributed by atoms with Gasteiger partial charge in [-0.05, 0) is 44.7 Å². The van der Waals surface area contributed by atoms with E-state index < -0.39 is 29.3 Å². The van der Waals surface area contributed by atoms with E-state index in [9.17, 15) is 20.0 Å². The summed E-state index contributed by atoms with van der Waals surface area (Å²) in [6.45, 7) is 3.20. The lowest BCUT2D eigenvalue weighted by atomic mass is 9.94. The Bertz CT molecular complexity index is 1140. The summed E-state index contributed by atoms with van der Waals surface area (Å²) in [6, 6.07) is 5.32. The molecule has 0 unspecified atom stereocenters. The highest BCUT2D eigenvalue weighted by Gasteiger charge is 2.52. The molecule has 3 atom stereocenters. The van der Waals surface area contributed by atoms with Crippen molar-refractivity contribution in [2.45, 2.75) is 75.8 Å². The van der Waals surface area contributed by atoms with E-state index >= 15 is 0 Å². The molecular formula is C24H31N5O6. The number of anilines is 1. The molecule has 1 aliphatic carbocycles. The number of hydrogen-bond donors (Lipinski definition) is 2. The molecule has 2 aliphatic rings. The van der Waals surface area contributed by atoms with Crippen molar-refractivity contribution >= 4 is 23.2 Å². The van der Waals surface area contributed by atoms with Crippen molar-refractivity contribution in [1.29, 1.82) is 5.26 Å². The van der Waals surface area contributed by atoms with Crippen LogP contribution in [0.15, 0.2) is 18.5 Å². The van der Waals surface area contributed by atoms with Gasteiger partial charge < -0.3 is 24.6 Å². The van der Waals surface area contributed by atoms with Gasteiger partial charge in [0.2, 0.25) is 5.60 Å². The van der Waals surface area contributed by atoms with Crippen molar-refractivity contribution in [3.05, 3.63) is 24.2 Å². The van der Waals surface area contributed by atoms with Crippen molar-refractivity contribution in [3.63, 3.8) is 0 Å². The summed E-state index contributed by atoms with van der Waals surface area (Å²) in [5.74, 6) is -0.106. The Morgan fingerprint density at radius 1 is 1.37 bits per heavy atom. The lowest BCUT2D eigenvalue weighted by molar-refractivity contribution is -0.150. The maximum Gasteiger partial charge on any atom is 0.306 e. The van der Waals surface area contributed by atoms with Gasteiger partial charge in [-0.2, -0.15) is 10.4 Å². The van der Waals surface area contributed by atoms with Gasteiger partial charge in [0.15, 0.2) is 5.82 Å². The molecule has 1 saturated heterocycles. The van der Waals surface area contributed by atoms with Gasteiger partial charge in [-0.25, -0.2) is 9.50 Å². The number of ether oxygens (including phenoxy) is 3. The van der Waals surface area contributed by atoms with E-state index in [1.807, 2.05) is 0 Å². The van der Waals surface area contributed by atoms with Crippen LogP contribution in [0.3, 0.4) is 0 Å². The van der Waals surface area contributed by atoms with E-state index in [0.29, 0.717) is 17.9 Å². The monoisotopic (exact) mass is 485 g/mol. The van der Waals surface area contributed by atoms with Crippen LogP contribution in [-0.2, 0) is 29.4 Å². The molecule has 11 nitrogen and oxygen atoms in total. The summed E-state index contributed by atoms with van der Waals surface area (Å²) in [5, 5.41) is 27.9.